The monoisotopic (exact) mass is 405 g/mol. The number of amides is 1. The van der Waals surface area contributed by atoms with Crippen molar-refractivity contribution < 1.29 is 19.0 Å². The van der Waals surface area contributed by atoms with E-state index in [9.17, 15) is 4.79 Å². The summed E-state index contributed by atoms with van der Waals surface area (Å²) < 4.78 is 17.1. The van der Waals surface area contributed by atoms with Gasteiger partial charge in [0.2, 0.25) is 0 Å². The summed E-state index contributed by atoms with van der Waals surface area (Å²) in [6.07, 6.45) is -0.0617. The lowest BCUT2D eigenvalue weighted by molar-refractivity contribution is -0.128. The third kappa shape index (κ3) is 6.06. The molecule has 0 radical (unpaired) electrons. The Morgan fingerprint density at radius 3 is 2.39 bits per heavy atom. The van der Waals surface area contributed by atoms with Crippen molar-refractivity contribution in [3.8, 4) is 17.2 Å². The molecule has 0 aliphatic carbocycles. The van der Waals surface area contributed by atoms with E-state index in [4.69, 9.17) is 25.8 Å². The van der Waals surface area contributed by atoms with Crippen molar-refractivity contribution in [1.29, 1.82) is 0 Å². The molecule has 2 aromatic rings. The van der Waals surface area contributed by atoms with Crippen LogP contribution in [0.15, 0.2) is 42.5 Å². The van der Waals surface area contributed by atoms with Gasteiger partial charge in [0.25, 0.3) is 5.91 Å². The Bertz CT molecular complexity index is 781. The maximum atomic E-state index is 12.7. The second-order valence-corrected chi connectivity index (χ2v) is 6.71. The van der Waals surface area contributed by atoms with Gasteiger partial charge in [0.05, 0.1) is 19.3 Å². The van der Waals surface area contributed by atoms with E-state index in [0.717, 1.165) is 5.56 Å². The van der Waals surface area contributed by atoms with Gasteiger partial charge in [-0.2, -0.15) is 0 Å². The molecule has 0 aliphatic heterocycles. The molecule has 6 heteroatoms. The second kappa shape index (κ2) is 10.8. The molecule has 28 heavy (non-hydrogen) atoms. The molecular formula is C22H28ClNO4. The van der Waals surface area contributed by atoms with Crippen LogP contribution in [0.3, 0.4) is 0 Å². The lowest BCUT2D eigenvalue weighted by atomic mass is 10.1. The molecule has 0 aromatic heterocycles. The molecule has 0 fully saturated rings. The second-order valence-electron chi connectivity index (χ2n) is 6.27. The molecule has 2 atom stereocenters. The van der Waals surface area contributed by atoms with Gasteiger partial charge in [0.1, 0.15) is 5.75 Å². The zero-order chi connectivity index (χ0) is 20.5. The molecule has 5 nitrogen and oxygen atoms in total. The summed E-state index contributed by atoms with van der Waals surface area (Å²) in [5, 5.41) is 3.58. The van der Waals surface area contributed by atoms with E-state index < -0.39 is 6.10 Å². The van der Waals surface area contributed by atoms with Crippen LogP contribution in [-0.2, 0) is 4.79 Å². The number of carbonyl (C=O) groups excluding carboxylic acids is 1. The van der Waals surface area contributed by atoms with E-state index in [-0.39, 0.29) is 11.9 Å². The standard InChI is InChI=1S/C22H28ClNO4/c1-5-19(28-18-10-8-9-17(23)14-18)22(25)24-15(4)16-11-12-20(26-6-2)21(13-16)27-7-3/h8-15,19H,5-7H2,1-4H3,(H,24,25)/t15-,19-/m0/s1. The Hall–Kier alpha value is -2.40. The fourth-order valence-electron chi connectivity index (χ4n) is 2.75. The average molecular weight is 406 g/mol. The minimum atomic E-state index is -0.602. The fraction of sp³-hybridized carbons (Fsp3) is 0.409. The minimum absolute atomic E-state index is 0.179. The molecule has 0 unspecified atom stereocenters. The van der Waals surface area contributed by atoms with Gasteiger partial charge in [-0.3, -0.25) is 4.79 Å². The van der Waals surface area contributed by atoms with Gasteiger partial charge in [0.15, 0.2) is 17.6 Å². The summed E-state index contributed by atoms with van der Waals surface area (Å²) >= 11 is 5.99. The first-order chi connectivity index (χ1) is 13.5. The fourth-order valence-corrected chi connectivity index (χ4v) is 2.93. The molecule has 0 spiro atoms. The van der Waals surface area contributed by atoms with E-state index in [1.165, 1.54) is 0 Å². The topological polar surface area (TPSA) is 56.8 Å². The van der Waals surface area contributed by atoms with Crippen LogP contribution < -0.4 is 19.5 Å². The first-order valence-corrected chi connectivity index (χ1v) is 9.98. The molecular weight excluding hydrogens is 378 g/mol. The summed E-state index contributed by atoms with van der Waals surface area (Å²) in [6, 6.07) is 12.5. The lowest BCUT2D eigenvalue weighted by Crippen LogP contribution is -2.39. The van der Waals surface area contributed by atoms with Crippen LogP contribution in [0.25, 0.3) is 0 Å². The number of ether oxygens (including phenoxy) is 3. The van der Waals surface area contributed by atoms with Gasteiger partial charge in [-0.25, -0.2) is 0 Å². The van der Waals surface area contributed by atoms with E-state index >= 15 is 0 Å². The number of halogens is 1. The number of hydrogen-bond acceptors (Lipinski definition) is 4. The molecule has 0 saturated carbocycles. The number of benzene rings is 2. The average Bonchev–Trinajstić information content (AvgIpc) is 2.67. The summed E-state index contributed by atoms with van der Waals surface area (Å²) in [5.74, 6) is 1.76. The summed E-state index contributed by atoms with van der Waals surface area (Å²) in [5.41, 5.74) is 0.929. The molecule has 0 bridgehead atoms. The highest BCUT2D eigenvalue weighted by molar-refractivity contribution is 6.30. The summed E-state index contributed by atoms with van der Waals surface area (Å²) in [4.78, 5) is 12.7. The smallest absolute Gasteiger partial charge is 0.261 e. The van der Waals surface area contributed by atoms with Crippen LogP contribution in [0.1, 0.15) is 45.7 Å². The van der Waals surface area contributed by atoms with Crippen molar-refractivity contribution in [3.63, 3.8) is 0 Å². The van der Waals surface area contributed by atoms with Crippen molar-refractivity contribution in [2.75, 3.05) is 13.2 Å². The predicted octanol–water partition coefficient (Wildman–Crippen LogP) is 5.17. The highest BCUT2D eigenvalue weighted by atomic mass is 35.5. The SMILES string of the molecule is CCOc1ccc([C@H](C)NC(=O)[C@H](CC)Oc2cccc(Cl)c2)cc1OCC. The van der Waals surface area contributed by atoms with Gasteiger partial charge in [-0.15, -0.1) is 0 Å². The zero-order valence-corrected chi connectivity index (χ0v) is 17.6. The van der Waals surface area contributed by atoms with Crippen molar-refractivity contribution >= 4 is 17.5 Å². The zero-order valence-electron chi connectivity index (χ0n) is 16.8. The predicted molar refractivity (Wildman–Crippen MR) is 111 cm³/mol. The molecule has 2 rings (SSSR count). The highest BCUT2D eigenvalue weighted by Gasteiger charge is 2.21. The van der Waals surface area contributed by atoms with Gasteiger partial charge >= 0.3 is 0 Å². The molecule has 2 aromatic carbocycles. The van der Waals surface area contributed by atoms with Crippen molar-refractivity contribution in [2.24, 2.45) is 0 Å². The van der Waals surface area contributed by atoms with Crippen LogP contribution >= 0.6 is 11.6 Å². The molecule has 0 heterocycles. The van der Waals surface area contributed by atoms with Crippen LogP contribution in [0.2, 0.25) is 5.02 Å². The molecule has 1 N–H and O–H groups in total. The number of carbonyl (C=O) groups is 1. The third-order valence-corrected chi connectivity index (χ3v) is 4.40. The van der Waals surface area contributed by atoms with Crippen LogP contribution in [-0.4, -0.2) is 25.2 Å². The maximum absolute atomic E-state index is 12.7. The first kappa shape index (κ1) is 21.9. The van der Waals surface area contributed by atoms with Gasteiger partial charge in [-0.05, 0) is 63.1 Å². The Morgan fingerprint density at radius 2 is 1.75 bits per heavy atom. The van der Waals surface area contributed by atoms with E-state index in [1.54, 1.807) is 24.3 Å². The number of hydrogen-bond donors (Lipinski definition) is 1. The first-order valence-electron chi connectivity index (χ1n) is 9.60. The van der Waals surface area contributed by atoms with Crippen molar-refractivity contribution in [2.45, 2.75) is 46.3 Å². The van der Waals surface area contributed by atoms with Gasteiger partial charge < -0.3 is 19.5 Å². The Kier molecular flexibility index (Phi) is 8.45. The molecule has 1 amide bonds. The summed E-state index contributed by atoms with van der Waals surface area (Å²) in [6.45, 7) is 8.78. The Morgan fingerprint density at radius 1 is 1.04 bits per heavy atom. The maximum Gasteiger partial charge on any atom is 0.261 e. The van der Waals surface area contributed by atoms with Crippen LogP contribution in [0.4, 0.5) is 0 Å². The Balaban J connectivity index is 2.08. The van der Waals surface area contributed by atoms with Crippen molar-refractivity contribution in [1.82, 2.24) is 5.32 Å². The van der Waals surface area contributed by atoms with Crippen molar-refractivity contribution in [3.05, 3.63) is 53.1 Å². The highest BCUT2D eigenvalue weighted by Crippen LogP contribution is 2.31. The van der Waals surface area contributed by atoms with E-state index in [0.29, 0.717) is 41.9 Å². The van der Waals surface area contributed by atoms with Crippen LogP contribution in [0.5, 0.6) is 17.2 Å². The Labute approximate surface area is 171 Å². The normalized spacial score (nSPS) is 12.8. The largest absolute Gasteiger partial charge is 0.490 e. The molecule has 0 aliphatic rings. The lowest BCUT2D eigenvalue weighted by Gasteiger charge is -2.21. The van der Waals surface area contributed by atoms with Crippen LogP contribution in [0, 0.1) is 0 Å². The van der Waals surface area contributed by atoms with E-state index in [1.807, 2.05) is 45.9 Å². The number of rotatable bonds is 10. The van der Waals surface area contributed by atoms with E-state index in [2.05, 4.69) is 5.32 Å². The summed E-state index contributed by atoms with van der Waals surface area (Å²) in [7, 11) is 0. The third-order valence-electron chi connectivity index (χ3n) is 4.16. The number of nitrogens with one attached hydrogen (secondary N) is 1. The quantitative estimate of drug-likeness (QED) is 0.592. The van der Waals surface area contributed by atoms with Gasteiger partial charge in [-0.1, -0.05) is 30.7 Å². The minimum Gasteiger partial charge on any atom is -0.490 e. The molecule has 152 valence electrons. The molecule has 0 saturated heterocycles. The van der Waals surface area contributed by atoms with Gasteiger partial charge in [0, 0.05) is 5.02 Å².